The van der Waals surface area contributed by atoms with Gasteiger partial charge in [-0.2, -0.15) is 0 Å². The number of aryl methyl sites for hydroxylation is 1. The van der Waals surface area contributed by atoms with E-state index in [1.165, 1.54) is 6.07 Å². The van der Waals surface area contributed by atoms with Crippen molar-refractivity contribution in [3.8, 4) is 0 Å². The third-order valence-electron chi connectivity index (χ3n) is 2.57. The zero-order valence-corrected chi connectivity index (χ0v) is 9.74. The summed E-state index contributed by atoms with van der Waals surface area (Å²) in [5.41, 5.74) is 1.61. The molecule has 0 spiro atoms. The Balaban J connectivity index is 2.77. The van der Waals surface area contributed by atoms with Gasteiger partial charge in [0.2, 0.25) is 5.56 Å². The first-order valence-electron chi connectivity index (χ1n) is 5.43. The van der Waals surface area contributed by atoms with E-state index in [0.717, 1.165) is 10.9 Å². The molecule has 0 radical (unpaired) electrons. The van der Waals surface area contributed by atoms with Gasteiger partial charge in [0, 0.05) is 17.0 Å². The van der Waals surface area contributed by atoms with Crippen LogP contribution in [0.5, 0.6) is 0 Å². The zero-order chi connectivity index (χ0) is 12.4. The molecule has 0 aliphatic rings. The van der Waals surface area contributed by atoms with Gasteiger partial charge in [-0.1, -0.05) is 12.1 Å². The molecule has 0 saturated carbocycles. The summed E-state index contributed by atoms with van der Waals surface area (Å²) in [6.07, 6.45) is 0. The molecule has 1 heterocycles. The van der Waals surface area contributed by atoms with Gasteiger partial charge in [0.05, 0.1) is 12.2 Å². The Morgan fingerprint density at radius 3 is 2.88 bits per heavy atom. The minimum Gasteiger partial charge on any atom is -0.462 e. The van der Waals surface area contributed by atoms with E-state index in [1.54, 1.807) is 13.0 Å². The average molecular weight is 231 g/mol. The first kappa shape index (κ1) is 11.4. The van der Waals surface area contributed by atoms with Crippen molar-refractivity contribution in [2.75, 3.05) is 6.61 Å². The predicted molar refractivity (Wildman–Crippen MR) is 65.3 cm³/mol. The standard InChI is InChI=1S/C13H13NO3/c1-3-17-13(16)9-7-11(15)14-10-6-4-5-8(2)12(9)10/h4-7H,3H2,1-2H3,(H,14,15). The second-order valence-electron chi connectivity index (χ2n) is 3.77. The van der Waals surface area contributed by atoms with Crippen molar-refractivity contribution in [2.45, 2.75) is 13.8 Å². The maximum Gasteiger partial charge on any atom is 0.339 e. The van der Waals surface area contributed by atoms with Crippen molar-refractivity contribution in [3.05, 3.63) is 45.7 Å². The number of fused-ring (bicyclic) bond motifs is 1. The van der Waals surface area contributed by atoms with Gasteiger partial charge in [-0.15, -0.1) is 0 Å². The largest absolute Gasteiger partial charge is 0.462 e. The fourth-order valence-corrected chi connectivity index (χ4v) is 1.87. The van der Waals surface area contributed by atoms with Gasteiger partial charge < -0.3 is 9.72 Å². The molecule has 0 unspecified atom stereocenters. The van der Waals surface area contributed by atoms with Crippen LogP contribution in [0.2, 0.25) is 0 Å². The summed E-state index contributed by atoms with van der Waals surface area (Å²) < 4.78 is 4.95. The number of carbonyl (C=O) groups is 1. The maximum atomic E-state index is 11.8. The molecule has 0 fully saturated rings. The van der Waals surface area contributed by atoms with Crippen molar-refractivity contribution in [3.63, 3.8) is 0 Å². The quantitative estimate of drug-likeness (QED) is 0.804. The highest BCUT2D eigenvalue weighted by atomic mass is 16.5. The number of carbonyl (C=O) groups excluding carboxylic acids is 1. The van der Waals surface area contributed by atoms with E-state index in [1.807, 2.05) is 19.1 Å². The first-order chi connectivity index (χ1) is 8.13. The lowest BCUT2D eigenvalue weighted by Crippen LogP contribution is -2.13. The number of ether oxygens (including phenoxy) is 1. The molecule has 1 N–H and O–H groups in total. The van der Waals surface area contributed by atoms with Crippen LogP contribution in [0.15, 0.2) is 29.1 Å². The van der Waals surface area contributed by atoms with Crippen LogP contribution in [0, 0.1) is 6.92 Å². The molecular weight excluding hydrogens is 218 g/mol. The Bertz CT molecular complexity index is 628. The number of nitrogens with one attached hydrogen (secondary N) is 1. The van der Waals surface area contributed by atoms with Crippen LogP contribution in [0.3, 0.4) is 0 Å². The van der Waals surface area contributed by atoms with Crippen molar-refractivity contribution in [1.82, 2.24) is 4.98 Å². The lowest BCUT2D eigenvalue weighted by molar-refractivity contribution is 0.0528. The van der Waals surface area contributed by atoms with Crippen molar-refractivity contribution in [1.29, 1.82) is 0 Å². The van der Waals surface area contributed by atoms with Gasteiger partial charge >= 0.3 is 5.97 Å². The zero-order valence-electron chi connectivity index (χ0n) is 9.74. The van der Waals surface area contributed by atoms with E-state index < -0.39 is 5.97 Å². The highest BCUT2D eigenvalue weighted by Crippen LogP contribution is 2.19. The van der Waals surface area contributed by atoms with E-state index >= 15 is 0 Å². The summed E-state index contributed by atoms with van der Waals surface area (Å²) in [5, 5.41) is 0.741. The number of pyridine rings is 1. The number of hydrogen-bond donors (Lipinski definition) is 1. The SMILES string of the molecule is CCOC(=O)c1cc(=O)[nH]c2cccc(C)c12. The van der Waals surface area contributed by atoms with Gasteiger partial charge in [-0.05, 0) is 25.5 Å². The highest BCUT2D eigenvalue weighted by Gasteiger charge is 2.13. The molecule has 1 aromatic heterocycles. The van der Waals surface area contributed by atoms with Crippen molar-refractivity contribution < 1.29 is 9.53 Å². The van der Waals surface area contributed by atoms with Crippen LogP contribution in [0.25, 0.3) is 10.9 Å². The molecular formula is C13H13NO3. The smallest absolute Gasteiger partial charge is 0.339 e. The number of H-pyrrole nitrogens is 1. The van der Waals surface area contributed by atoms with Gasteiger partial charge in [-0.3, -0.25) is 4.79 Å². The van der Waals surface area contributed by atoms with Crippen LogP contribution in [0.1, 0.15) is 22.8 Å². The van der Waals surface area contributed by atoms with E-state index in [4.69, 9.17) is 4.74 Å². The summed E-state index contributed by atoms with van der Waals surface area (Å²) in [7, 11) is 0. The fraction of sp³-hybridized carbons (Fsp3) is 0.231. The number of esters is 1. The number of hydrogen-bond acceptors (Lipinski definition) is 3. The molecule has 2 rings (SSSR count). The molecule has 0 atom stereocenters. The Labute approximate surface area is 98.2 Å². The van der Waals surface area contributed by atoms with Crippen LogP contribution in [-0.2, 0) is 4.74 Å². The Morgan fingerprint density at radius 2 is 2.18 bits per heavy atom. The molecule has 88 valence electrons. The molecule has 0 amide bonds. The molecule has 0 aliphatic heterocycles. The third kappa shape index (κ3) is 2.06. The molecule has 4 heteroatoms. The summed E-state index contributed by atoms with van der Waals surface area (Å²) in [5.74, 6) is -0.460. The lowest BCUT2D eigenvalue weighted by Gasteiger charge is -2.07. The van der Waals surface area contributed by atoms with Gasteiger partial charge in [0.1, 0.15) is 0 Å². The third-order valence-corrected chi connectivity index (χ3v) is 2.57. The van der Waals surface area contributed by atoms with E-state index in [-0.39, 0.29) is 5.56 Å². The lowest BCUT2D eigenvalue weighted by atomic mass is 10.0. The molecule has 17 heavy (non-hydrogen) atoms. The monoisotopic (exact) mass is 231 g/mol. The van der Waals surface area contributed by atoms with Gasteiger partial charge in [-0.25, -0.2) is 4.79 Å². The normalized spacial score (nSPS) is 10.5. The first-order valence-corrected chi connectivity index (χ1v) is 5.43. The second-order valence-corrected chi connectivity index (χ2v) is 3.77. The fourth-order valence-electron chi connectivity index (χ4n) is 1.87. The van der Waals surface area contributed by atoms with Crippen LogP contribution in [0.4, 0.5) is 0 Å². The number of rotatable bonds is 2. The molecule has 4 nitrogen and oxygen atoms in total. The minimum atomic E-state index is -0.460. The second kappa shape index (κ2) is 4.41. The number of aromatic nitrogens is 1. The van der Waals surface area contributed by atoms with Crippen molar-refractivity contribution >= 4 is 16.9 Å². The predicted octanol–water partition coefficient (Wildman–Crippen LogP) is 2.01. The summed E-state index contributed by atoms with van der Waals surface area (Å²) in [4.78, 5) is 26.0. The van der Waals surface area contributed by atoms with Crippen LogP contribution < -0.4 is 5.56 Å². The van der Waals surface area contributed by atoms with Gasteiger partial charge in [0.15, 0.2) is 0 Å². The molecule has 0 aliphatic carbocycles. The Hall–Kier alpha value is -2.10. The molecule has 0 bridgehead atoms. The molecule has 1 aromatic carbocycles. The topological polar surface area (TPSA) is 59.2 Å². The number of benzene rings is 1. The summed E-state index contributed by atoms with van der Waals surface area (Å²) >= 11 is 0. The highest BCUT2D eigenvalue weighted by molar-refractivity contribution is 6.04. The Kier molecular flexibility index (Phi) is 2.95. The van der Waals surface area contributed by atoms with E-state index in [2.05, 4.69) is 4.98 Å². The minimum absolute atomic E-state index is 0.291. The molecule has 0 saturated heterocycles. The molecule has 2 aromatic rings. The summed E-state index contributed by atoms with van der Waals surface area (Å²) in [6.45, 7) is 3.92. The van der Waals surface area contributed by atoms with Gasteiger partial charge in [0.25, 0.3) is 0 Å². The maximum absolute atomic E-state index is 11.8. The average Bonchev–Trinajstić information content (AvgIpc) is 2.28. The van der Waals surface area contributed by atoms with E-state index in [0.29, 0.717) is 17.7 Å². The van der Waals surface area contributed by atoms with Crippen LogP contribution in [-0.4, -0.2) is 17.6 Å². The van der Waals surface area contributed by atoms with Crippen molar-refractivity contribution in [2.24, 2.45) is 0 Å². The van der Waals surface area contributed by atoms with Crippen LogP contribution >= 0.6 is 0 Å². The van der Waals surface area contributed by atoms with E-state index in [9.17, 15) is 9.59 Å². The number of aromatic amines is 1. The summed E-state index contributed by atoms with van der Waals surface area (Å²) in [6, 6.07) is 6.78. The Morgan fingerprint density at radius 1 is 1.41 bits per heavy atom.